The summed E-state index contributed by atoms with van der Waals surface area (Å²) in [4.78, 5) is 15.6. The van der Waals surface area contributed by atoms with Gasteiger partial charge in [0, 0.05) is 45.1 Å². The minimum absolute atomic E-state index is 0.0319. The fourth-order valence-electron chi connectivity index (χ4n) is 2.29. The van der Waals surface area contributed by atoms with E-state index in [0.29, 0.717) is 13.2 Å². The van der Waals surface area contributed by atoms with Crippen LogP contribution in [0.5, 0.6) is 0 Å². The number of hydrogen-bond acceptors (Lipinski definition) is 5. The fraction of sp³-hybridized carbons (Fsp3) is 0.409. The smallest absolute Gasteiger partial charge is 0.218 e. The summed E-state index contributed by atoms with van der Waals surface area (Å²) >= 11 is 0. The number of nitrogens with zero attached hydrogens (tertiary/aromatic N) is 2. The maximum Gasteiger partial charge on any atom is 0.218 e. The number of hydrogen-bond donors (Lipinski definition) is 0. The Morgan fingerprint density at radius 1 is 0.963 bits per heavy atom. The summed E-state index contributed by atoms with van der Waals surface area (Å²) in [6, 6.07) is 13.8. The van der Waals surface area contributed by atoms with Crippen LogP contribution in [-0.2, 0) is 9.47 Å². The van der Waals surface area contributed by atoms with Crippen molar-refractivity contribution in [3.05, 3.63) is 60.3 Å². The van der Waals surface area contributed by atoms with E-state index in [2.05, 4.69) is 0 Å². The van der Waals surface area contributed by atoms with Crippen molar-refractivity contribution in [2.45, 2.75) is 20.3 Å². The van der Waals surface area contributed by atoms with Crippen molar-refractivity contribution in [2.24, 2.45) is 0 Å². The molecular weight excluding hydrogens is 340 g/mol. The summed E-state index contributed by atoms with van der Waals surface area (Å²) in [6.45, 7) is 5.27. The quantitative estimate of drug-likeness (QED) is 0.398. The topological polar surface area (TPSA) is 42.0 Å². The third-order valence-electron chi connectivity index (χ3n) is 3.60. The summed E-state index contributed by atoms with van der Waals surface area (Å²) in [7, 11) is 7.64. The van der Waals surface area contributed by atoms with Crippen LogP contribution >= 0.6 is 0 Å². The highest BCUT2D eigenvalue weighted by molar-refractivity contribution is 6.06. The Kier molecular flexibility index (Phi) is 10.3. The molecule has 0 bridgehead atoms. The van der Waals surface area contributed by atoms with Gasteiger partial charge in [0.2, 0.25) is 6.41 Å². The molecule has 0 saturated heterocycles. The molecule has 0 unspecified atom stereocenters. The number of ether oxygens (including phenoxy) is 2. The lowest BCUT2D eigenvalue weighted by Crippen LogP contribution is -2.33. The molecule has 5 nitrogen and oxygen atoms in total. The SMILES string of the molecule is CCOC(OCC)N(C)C.CN(C)C=CC(=O)c1ccc2ccccc2c1. The average molecular weight is 373 g/mol. The molecule has 2 rings (SSSR count). The van der Waals surface area contributed by atoms with Crippen LogP contribution in [0.4, 0.5) is 0 Å². The molecule has 0 aliphatic rings. The second-order valence-corrected chi connectivity index (χ2v) is 6.39. The van der Waals surface area contributed by atoms with E-state index in [9.17, 15) is 4.79 Å². The number of allylic oxidation sites excluding steroid dienone is 1. The van der Waals surface area contributed by atoms with E-state index in [4.69, 9.17) is 9.47 Å². The van der Waals surface area contributed by atoms with E-state index in [1.807, 2.05) is 94.3 Å². The van der Waals surface area contributed by atoms with Gasteiger partial charge in [0.15, 0.2) is 5.78 Å². The van der Waals surface area contributed by atoms with Crippen molar-refractivity contribution in [3.8, 4) is 0 Å². The summed E-state index contributed by atoms with van der Waals surface area (Å²) in [5, 5.41) is 2.25. The lowest BCUT2D eigenvalue weighted by molar-refractivity contribution is -0.206. The summed E-state index contributed by atoms with van der Waals surface area (Å²) in [5.41, 5.74) is 0.724. The molecule has 2 aromatic carbocycles. The third kappa shape index (κ3) is 8.35. The zero-order valence-corrected chi connectivity index (χ0v) is 17.3. The molecule has 0 aliphatic carbocycles. The third-order valence-corrected chi connectivity index (χ3v) is 3.60. The van der Waals surface area contributed by atoms with Crippen LogP contribution in [0.2, 0.25) is 0 Å². The molecule has 0 aliphatic heterocycles. The van der Waals surface area contributed by atoms with Crippen molar-refractivity contribution in [3.63, 3.8) is 0 Å². The zero-order valence-electron chi connectivity index (χ0n) is 17.3. The van der Waals surface area contributed by atoms with Crippen LogP contribution in [-0.4, -0.2) is 63.4 Å². The number of benzene rings is 2. The first-order valence-electron chi connectivity index (χ1n) is 9.16. The highest BCUT2D eigenvalue weighted by atomic mass is 16.7. The van der Waals surface area contributed by atoms with Gasteiger partial charge in [-0.1, -0.05) is 36.4 Å². The largest absolute Gasteiger partial charge is 0.383 e. The normalized spacial score (nSPS) is 11.1. The Balaban J connectivity index is 0.000000314. The predicted octanol–water partition coefficient (Wildman–Crippen LogP) is 4.00. The first-order valence-corrected chi connectivity index (χ1v) is 9.16. The Hall–Kier alpha value is -2.21. The van der Waals surface area contributed by atoms with E-state index < -0.39 is 0 Å². The highest BCUT2D eigenvalue weighted by Crippen LogP contribution is 2.16. The molecule has 0 heterocycles. The fourth-order valence-corrected chi connectivity index (χ4v) is 2.29. The van der Waals surface area contributed by atoms with Gasteiger partial charge in [-0.25, -0.2) is 0 Å². The zero-order chi connectivity index (χ0) is 20.2. The highest BCUT2D eigenvalue weighted by Gasteiger charge is 2.08. The molecule has 0 atom stereocenters. The van der Waals surface area contributed by atoms with Crippen LogP contribution in [0.15, 0.2) is 54.7 Å². The molecule has 148 valence electrons. The lowest BCUT2D eigenvalue weighted by atomic mass is 10.0. The Labute approximate surface area is 163 Å². The second-order valence-electron chi connectivity index (χ2n) is 6.39. The van der Waals surface area contributed by atoms with Crippen molar-refractivity contribution in [1.82, 2.24) is 9.80 Å². The first kappa shape index (κ1) is 22.8. The van der Waals surface area contributed by atoms with Gasteiger partial charge in [0.1, 0.15) is 0 Å². The van der Waals surface area contributed by atoms with Crippen LogP contribution in [0, 0.1) is 0 Å². The molecule has 2 aromatic rings. The minimum Gasteiger partial charge on any atom is -0.383 e. The van der Waals surface area contributed by atoms with Gasteiger partial charge in [-0.15, -0.1) is 0 Å². The summed E-state index contributed by atoms with van der Waals surface area (Å²) in [6.07, 6.45) is 3.16. The van der Waals surface area contributed by atoms with Gasteiger partial charge < -0.3 is 14.4 Å². The van der Waals surface area contributed by atoms with Gasteiger partial charge in [-0.3, -0.25) is 9.69 Å². The number of carbonyl (C=O) groups excluding carboxylic acids is 1. The molecule has 5 heteroatoms. The standard InChI is InChI=1S/C15H15NO.C7H17NO2/c1-16(2)10-9-15(17)14-8-7-12-5-3-4-6-13(12)11-14;1-5-9-7(8(3)4)10-6-2/h3-11H,1-2H3;7H,5-6H2,1-4H3. The number of carbonyl (C=O) groups is 1. The number of fused-ring (bicyclic) bond motifs is 1. The van der Waals surface area contributed by atoms with Crippen LogP contribution in [0.3, 0.4) is 0 Å². The molecule has 27 heavy (non-hydrogen) atoms. The van der Waals surface area contributed by atoms with E-state index in [-0.39, 0.29) is 12.2 Å². The van der Waals surface area contributed by atoms with Gasteiger partial charge in [-0.2, -0.15) is 0 Å². The molecule has 0 fully saturated rings. The lowest BCUT2D eigenvalue weighted by Gasteiger charge is -2.22. The summed E-state index contributed by atoms with van der Waals surface area (Å²) < 4.78 is 10.5. The maximum atomic E-state index is 11.9. The maximum absolute atomic E-state index is 11.9. The Morgan fingerprint density at radius 2 is 1.56 bits per heavy atom. The number of ketones is 1. The van der Waals surface area contributed by atoms with E-state index in [1.54, 1.807) is 12.3 Å². The predicted molar refractivity (Wildman–Crippen MR) is 112 cm³/mol. The molecule has 0 radical (unpaired) electrons. The molecule has 0 aromatic heterocycles. The van der Waals surface area contributed by atoms with Crippen molar-refractivity contribution < 1.29 is 14.3 Å². The van der Waals surface area contributed by atoms with E-state index >= 15 is 0 Å². The van der Waals surface area contributed by atoms with E-state index in [0.717, 1.165) is 16.3 Å². The average Bonchev–Trinajstić information content (AvgIpc) is 2.66. The Morgan fingerprint density at radius 3 is 2.07 bits per heavy atom. The Bertz CT molecular complexity index is 720. The van der Waals surface area contributed by atoms with Crippen molar-refractivity contribution >= 4 is 16.6 Å². The molecule has 0 saturated carbocycles. The molecule has 0 spiro atoms. The van der Waals surface area contributed by atoms with Gasteiger partial charge in [-0.05, 0) is 44.8 Å². The van der Waals surface area contributed by atoms with Crippen LogP contribution < -0.4 is 0 Å². The van der Waals surface area contributed by atoms with Crippen LogP contribution in [0.25, 0.3) is 10.8 Å². The van der Waals surface area contributed by atoms with Crippen molar-refractivity contribution in [2.75, 3.05) is 41.4 Å². The number of rotatable bonds is 8. The van der Waals surface area contributed by atoms with Gasteiger partial charge in [0.25, 0.3) is 0 Å². The van der Waals surface area contributed by atoms with E-state index in [1.165, 1.54) is 0 Å². The van der Waals surface area contributed by atoms with Gasteiger partial charge in [0.05, 0.1) is 0 Å². The summed E-state index contributed by atoms with van der Waals surface area (Å²) in [5.74, 6) is 0.0319. The van der Waals surface area contributed by atoms with Crippen molar-refractivity contribution in [1.29, 1.82) is 0 Å². The van der Waals surface area contributed by atoms with Crippen LogP contribution in [0.1, 0.15) is 24.2 Å². The van der Waals surface area contributed by atoms with Gasteiger partial charge >= 0.3 is 0 Å². The first-order chi connectivity index (χ1) is 12.9. The monoisotopic (exact) mass is 372 g/mol. The molecule has 0 N–H and O–H groups in total. The second kappa shape index (κ2) is 12.2. The molecule has 0 amide bonds. The molecular formula is C22H32N2O3. The minimum atomic E-state index is -0.185.